The standard InChI is InChI=1S/C5H8O4.C5H10O2.C4H8O2/c6-4(7)2-1-3-5(8)9;1-2-3-4-5(6)7;1-2-3-4(5)6/h1-3H2,(H,6,7)(H,8,9);2-4H2,1H3,(H,6,7);2-3H2,1H3,(H,5,6). The second-order valence-corrected chi connectivity index (χ2v) is 4.28. The van der Waals surface area contributed by atoms with Crippen molar-refractivity contribution in [1.29, 1.82) is 0 Å². The van der Waals surface area contributed by atoms with Crippen LogP contribution in [0.5, 0.6) is 0 Å². The summed E-state index contributed by atoms with van der Waals surface area (Å²) in [4.78, 5) is 38.9. The van der Waals surface area contributed by atoms with E-state index in [0.29, 0.717) is 12.8 Å². The van der Waals surface area contributed by atoms with Gasteiger partial charge < -0.3 is 20.4 Å². The molecule has 0 heterocycles. The van der Waals surface area contributed by atoms with Crippen molar-refractivity contribution in [1.82, 2.24) is 0 Å². The van der Waals surface area contributed by atoms with E-state index in [-0.39, 0.29) is 19.3 Å². The van der Waals surface area contributed by atoms with Crippen LogP contribution in [-0.2, 0) is 19.2 Å². The molecule has 0 rings (SSSR count). The lowest BCUT2D eigenvalue weighted by molar-refractivity contribution is -0.139. The zero-order valence-corrected chi connectivity index (χ0v) is 13.1. The van der Waals surface area contributed by atoms with Crippen molar-refractivity contribution < 1.29 is 39.6 Å². The first-order chi connectivity index (χ1) is 10.2. The Balaban J connectivity index is -0.000000252. The Bertz CT molecular complexity index is 311. The lowest BCUT2D eigenvalue weighted by Gasteiger charge is -1.89. The third kappa shape index (κ3) is 43.0. The molecule has 130 valence electrons. The lowest BCUT2D eigenvalue weighted by atomic mass is 10.2. The molecule has 0 saturated carbocycles. The summed E-state index contributed by atoms with van der Waals surface area (Å²) >= 11 is 0. The molecule has 0 radical (unpaired) electrons. The van der Waals surface area contributed by atoms with E-state index in [0.717, 1.165) is 19.3 Å². The van der Waals surface area contributed by atoms with Gasteiger partial charge in [-0.1, -0.05) is 20.3 Å². The van der Waals surface area contributed by atoms with Crippen LogP contribution in [0.2, 0.25) is 0 Å². The molecule has 0 bridgehead atoms. The molecule has 0 amide bonds. The Labute approximate surface area is 129 Å². The van der Waals surface area contributed by atoms with Crippen LogP contribution >= 0.6 is 0 Å². The van der Waals surface area contributed by atoms with Crippen LogP contribution in [0.3, 0.4) is 0 Å². The number of hydrogen-bond donors (Lipinski definition) is 4. The number of carboxylic acids is 4. The fourth-order valence-corrected chi connectivity index (χ4v) is 0.933. The first-order valence-electron chi connectivity index (χ1n) is 7.04. The molecule has 4 N–H and O–H groups in total. The molecule has 22 heavy (non-hydrogen) atoms. The van der Waals surface area contributed by atoms with Crippen LogP contribution < -0.4 is 0 Å². The van der Waals surface area contributed by atoms with Crippen molar-refractivity contribution in [2.45, 2.75) is 65.2 Å². The predicted molar refractivity (Wildman–Crippen MR) is 78.8 cm³/mol. The Morgan fingerprint density at radius 3 is 1.00 bits per heavy atom. The molecule has 0 aliphatic carbocycles. The quantitative estimate of drug-likeness (QED) is 0.505. The molecule has 0 unspecified atom stereocenters. The van der Waals surface area contributed by atoms with Gasteiger partial charge in [-0.2, -0.15) is 0 Å². The third-order valence-electron chi connectivity index (χ3n) is 1.99. The highest BCUT2D eigenvalue weighted by Gasteiger charge is 1.99. The van der Waals surface area contributed by atoms with Crippen LogP contribution in [0.25, 0.3) is 0 Å². The van der Waals surface area contributed by atoms with Gasteiger partial charge in [0, 0.05) is 25.7 Å². The number of unbranched alkanes of at least 4 members (excludes halogenated alkanes) is 1. The SMILES string of the molecule is CCCC(=O)O.CCCCC(=O)O.O=C(O)CCCC(=O)O. The minimum Gasteiger partial charge on any atom is -0.481 e. The van der Waals surface area contributed by atoms with Crippen molar-refractivity contribution in [2.24, 2.45) is 0 Å². The Kier molecular flexibility index (Phi) is 21.3. The summed E-state index contributed by atoms with van der Waals surface area (Å²) in [5.41, 5.74) is 0. The molecule has 0 aliphatic heterocycles. The largest absolute Gasteiger partial charge is 0.481 e. The van der Waals surface area contributed by atoms with Gasteiger partial charge in [-0.25, -0.2) is 0 Å². The van der Waals surface area contributed by atoms with E-state index in [1.165, 1.54) is 0 Å². The van der Waals surface area contributed by atoms with E-state index >= 15 is 0 Å². The van der Waals surface area contributed by atoms with Crippen molar-refractivity contribution in [3.8, 4) is 0 Å². The zero-order chi connectivity index (χ0) is 18.0. The molecule has 0 spiro atoms. The maximum Gasteiger partial charge on any atom is 0.303 e. The summed E-state index contributed by atoms with van der Waals surface area (Å²) in [5.74, 6) is -3.30. The Morgan fingerprint density at radius 1 is 0.545 bits per heavy atom. The topological polar surface area (TPSA) is 149 Å². The van der Waals surface area contributed by atoms with E-state index in [1.807, 2.05) is 13.8 Å². The summed E-state index contributed by atoms with van der Waals surface area (Å²) in [6.45, 7) is 3.82. The van der Waals surface area contributed by atoms with Crippen molar-refractivity contribution in [3.63, 3.8) is 0 Å². The average molecular weight is 322 g/mol. The van der Waals surface area contributed by atoms with Crippen LogP contribution in [0.4, 0.5) is 0 Å². The van der Waals surface area contributed by atoms with E-state index in [9.17, 15) is 19.2 Å². The predicted octanol–water partition coefficient (Wildman–Crippen LogP) is 2.46. The Hall–Kier alpha value is -2.12. The van der Waals surface area contributed by atoms with Gasteiger partial charge in [-0.15, -0.1) is 0 Å². The van der Waals surface area contributed by atoms with E-state index in [4.69, 9.17) is 20.4 Å². The van der Waals surface area contributed by atoms with Gasteiger partial charge in [0.2, 0.25) is 0 Å². The maximum atomic E-state index is 9.79. The Morgan fingerprint density at radius 2 is 0.864 bits per heavy atom. The van der Waals surface area contributed by atoms with Crippen LogP contribution in [0.15, 0.2) is 0 Å². The first kappa shape index (κ1) is 24.9. The molecule has 8 heteroatoms. The first-order valence-corrected chi connectivity index (χ1v) is 7.04. The second-order valence-electron chi connectivity index (χ2n) is 4.28. The number of hydrogen-bond acceptors (Lipinski definition) is 4. The molecule has 0 aliphatic rings. The molecule has 0 aromatic rings. The molecular weight excluding hydrogens is 296 g/mol. The summed E-state index contributed by atoms with van der Waals surface area (Å²) < 4.78 is 0. The fourth-order valence-electron chi connectivity index (χ4n) is 0.933. The lowest BCUT2D eigenvalue weighted by Crippen LogP contribution is -1.98. The summed E-state index contributed by atoms with van der Waals surface area (Å²) in [7, 11) is 0. The average Bonchev–Trinajstić information content (AvgIpc) is 2.36. The van der Waals surface area contributed by atoms with E-state index in [1.54, 1.807) is 0 Å². The summed E-state index contributed by atoms with van der Waals surface area (Å²) in [6, 6.07) is 0. The van der Waals surface area contributed by atoms with Crippen molar-refractivity contribution >= 4 is 23.9 Å². The van der Waals surface area contributed by atoms with Gasteiger partial charge in [0.1, 0.15) is 0 Å². The summed E-state index contributed by atoms with van der Waals surface area (Å²) in [6.07, 6.45) is 3.19. The highest BCUT2D eigenvalue weighted by atomic mass is 16.4. The van der Waals surface area contributed by atoms with Crippen LogP contribution in [-0.4, -0.2) is 44.3 Å². The summed E-state index contributed by atoms with van der Waals surface area (Å²) in [5, 5.41) is 32.0. The molecule has 0 aromatic carbocycles. The van der Waals surface area contributed by atoms with Gasteiger partial charge in [-0.3, -0.25) is 19.2 Å². The molecule has 8 nitrogen and oxygen atoms in total. The van der Waals surface area contributed by atoms with Gasteiger partial charge >= 0.3 is 23.9 Å². The molecule has 0 atom stereocenters. The highest BCUT2D eigenvalue weighted by molar-refractivity contribution is 5.70. The van der Waals surface area contributed by atoms with E-state index in [2.05, 4.69) is 0 Å². The zero-order valence-electron chi connectivity index (χ0n) is 13.1. The minimum atomic E-state index is -0.948. The monoisotopic (exact) mass is 322 g/mol. The third-order valence-corrected chi connectivity index (χ3v) is 1.99. The smallest absolute Gasteiger partial charge is 0.303 e. The van der Waals surface area contributed by atoms with Gasteiger partial charge in [-0.05, 0) is 19.3 Å². The van der Waals surface area contributed by atoms with E-state index < -0.39 is 23.9 Å². The van der Waals surface area contributed by atoms with Gasteiger partial charge in [0.05, 0.1) is 0 Å². The van der Waals surface area contributed by atoms with Crippen LogP contribution in [0.1, 0.15) is 65.2 Å². The maximum absolute atomic E-state index is 9.79. The number of carboxylic acid groups (broad SMARTS) is 4. The number of aliphatic carboxylic acids is 4. The second kappa shape index (κ2) is 18.9. The van der Waals surface area contributed by atoms with Crippen LogP contribution in [0, 0.1) is 0 Å². The normalized spacial score (nSPS) is 8.64. The fraction of sp³-hybridized carbons (Fsp3) is 0.714. The molecular formula is C14H26O8. The van der Waals surface area contributed by atoms with Gasteiger partial charge in [0.25, 0.3) is 0 Å². The molecule has 0 fully saturated rings. The molecule has 0 saturated heterocycles. The number of carbonyl (C=O) groups is 4. The highest BCUT2D eigenvalue weighted by Crippen LogP contribution is 1.93. The minimum absolute atomic E-state index is 0.0632. The van der Waals surface area contributed by atoms with Crippen molar-refractivity contribution in [3.05, 3.63) is 0 Å². The van der Waals surface area contributed by atoms with Crippen molar-refractivity contribution in [2.75, 3.05) is 0 Å². The molecule has 0 aromatic heterocycles. The van der Waals surface area contributed by atoms with Gasteiger partial charge in [0.15, 0.2) is 0 Å². The number of rotatable bonds is 9.